The van der Waals surface area contributed by atoms with Gasteiger partial charge in [-0.2, -0.15) is 0 Å². The molecule has 0 radical (unpaired) electrons. The number of nitrogens with one attached hydrogen (secondary N) is 1. The van der Waals surface area contributed by atoms with Crippen LogP contribution in [0.1, 0.15) is 31.1 Å². The Morgan fingerprint density at radius 2 is 2.06 bits per heavy atom. The van der Waals surface area contributed by atoms with Crippen molar-refractivity contribution in [3.63, 3.8) is 0 Å². The molecule has 7 heteroatoms. The van der Waals surface area contributed by atoms with E-state index in [4.69, 9.17) is 10.5 Å². The zero-order valence-electron chi connectivity index (χ0n) is 10.6. The van der Waals surface area contributed by atoms with E-state index in [0.717, 1.165) is 0 Å². The largest absolute Gasteiger partial charge is 0.456 e. The van der Waals surface area contributed by atoms with Gasteiger partial charge in [0.25, 0.3) is 5.56 Å². The zero-order valence-corrected chi connectivity index (χ0v) is 10.6. The number of nitrogens with two attached hydrogens (primary N) is 1. The Bertz CT molecular complexity index is 551. The summed E-state index contributed by atoms with van der Waals surface area (Å²) in [6.45, 7) is 5.50. The quantitative estimate of drug-likeness (QED) is 0.705. The molecule has 1 heterocycles. The molecule has 0 aliphatic rings. The number of aromatic nitrogens is 2. The number of carbonyl (C=O) groups excluding carboxylic acids is 1. The number of esters is 1. The summed E-state index contributed by atoms with van der Waals surface area (Å²) in [4.78, 5) is 36.7. The lowest BCUT2D eigenvalue weighted by Gasteiger charge is -2.19. The van der Waals surface area contributed by atoms with Crippen LogP contribution in [0, 0.1) is 0 Å². The van der Waals surface area contributed by atoms with Crippen molar-refractivity contribution in [2.24, 2.45) is 5.73 Å². The smallest absolute Gasteiger partial charge is 0.345 e. The van der Waals surface area contributed by atoms with Gasteiger partial charge in [-0.15, -0.1) is 0 Å². The van der Waals surface area contributed by atoms with Crippen molar-refractivity contribution in [3.05, 3.63) is 32.6 Å². The number of ether oxygens (including phenoxy) is 1. The maximum Gasteiger partial charge on any atom is 0.345 e. The van der Waals surface area contributed by atoms with Crippen molar-refractivity contribution in [1.29, 1.82) is 0 Å². The average molecular weight is 255 g/mol. The summed E-state index contributed by atoms with van der Waals surface area (Å²) in [5.74, 6) is -0.769. The maximum absolute atomic E-state index is 11.8. The van der Waals surface area contributed by atoms with Crippen LogP contribution in [0.3, 0.4) is 0 Å². The molecule has 0 fully saturated rings. The summed E-state index contributed by atoms with van der Waals surface area (Å²) in [7, 11) is 0. The number of aromatic amines is 1. The van der Waals surface area contributed by atoms with Gasteiger partial charge in [-0.25, -0.2) is 9.59 Å². The molecule has 1 aromatic rings. The molecule has 0 aromatic carbocycles. The topological polar surface area (TPSA) is 107 Å². The van der Waals surface area contributed by atoms with Crippen LogP contribution in [-0.4, -0.2) is 27.7 Å². The van der Waals surface area contributed by atoms with Crippen molar-refractivity contribution in [2.75, 3.05) is 6.54 Å². The van der Waals surface area contributed by atoms with E-state index in [1.807, 2.05) is 0 Å². The highest BCUT2D eigenvalue weighted by atomic mass is 16.6. The van der Waals surface area contributed by atoms with Crippen molar-refractivity contribution in [1.82, 2.24) is 9.55 Å². The van der Waals surface area contributed by atoms with Gasteiger partial charge < -0.3 is 10.5 Å². The molecule has 0 spiro atoms. The predicted molar refractivity (Wildman–Crippen MR) is 65.5 cm³/mol. The van der Waals surface area contributed by atoms with E-state index >= 15 is 0 Å². The summed E-state index contributed by atoms with van der Waals surface area (Å²) in [5, 5.41) is 0. The minimum atomic E-state index is -0.769. The summed E-state index contributed by atoms with van der Waals surface area (Å²) in [6, 6.07) is 0. The molecular formula is C11H17N3O4. The number of rotatable bonds is 3. The Hall–Kier alpha value is -1.89. The van der Waals surface area contributed by atoms with E-state index in [1.54, 1.807) is 20.8 Å². The summed E-state index contributed by atoms with van der Waals surface area (Å²) in [6.07, 6.45) is 1.17. The van der Waals surface area contributed by atoms with Gasteiger partial charge in [0.2, 0.25) is 0 Å². The van der Waals surface area contributed by atoms with E-state index in [2.05, 4.69) is 4.98 Å². The lowest BCUT2D eigenvalue weighted by Crippen LogP contribution is -2.36. The molecule has 7 nitrogen and oxygen atoms in total. The molecule has 100 valence electrons. The number of nitrogens with zero attached hydrogens (tertiary/aromatic N) is 1. The Morgan fingerprint density at radius 1 is 1.44 bits per heavy atom. The van der Waals surface area contributed by atoms with Crippen molar-refractivity contribution in [2.45, 2.75) is 32.9 Å². The Kier molecular flexibility index (Phi) is 4.07. The average Bonchev–Trinajstić information content (AvgIpc) is 2.19. The number of hydrogen-bond donors (Lipinski definition) is 2. The number of carbonyl (C=O) groups is 1. The van der Waals surface area contributed by atoms with Gasteiger partial charge in [0.15, 0.2) is 0 Å². The molecule has 0 aliphatic heterocycles. The molecule has 1 aromatic heterocycles. The molecule has 1 rings (SSSR count). The normalized spacial score (nSPS) is 11.3. The molecule has 0 amide bonds. The Labute approximate surface area is 104 Å². The van der Waals surface area contributed by atoms with Gasteiger partial charge in [0.05, 0.1) is 0 Å². The van der Waals surface area contributed by atoms with Crippen molar-refractivity contribution >= 4 is 5.97 Å². The minimum absolute atomic E-state index is 0.210. The van der Waals surface area contributed by atoms with E-state index in [0.29, 0.717) is 0 Å². The molecule has 0 unspecified atom stereocenters. The van der Waals surface area contributed by atoms with Gasteiger partial charge in [-0.1, -0.05) is 0 Å². The number of hydrogen-bond acceptors (Lipinski definition) is 5. The van der Waals surface area contributed by atoms with Crippen LogP contribution >= 0.6 is 0 Å². The Balaban J connectivity index is 3.17. The highest BCUT2D eigenvalue weighted by Gasteiger charge is 2.21. The van der Waals surface area contributed by atoms with Crippen molar-refractivity contribution < 1.29 is 9.53 Å². The molecule has 0 saturated carbocycles. The minimum Gasteiger partial charge on any atom is -0.456 e. The fourth-order valence-electron chi connectivity index (χ4n) is 1.29. The van der Waals surface area contributed by atoms with Gasteiger partial charge in [0, 0.05) is 19.3 Å². The van der Waals surface area contributed by atoms with Crippen LogP contribution in [-0.2, 0) is 11.3 Å². The number of H-pyrrole nitrogens is 1. The van der Waals surface area contributed by atoms with Crippen LogP contribution in [0.5, 0.6) is 0 Å². The third-order valence-electron chi connectivity index (χ3n) is 2.00. The van der Waals surface area contributed by atoms with Crippen LogP contribution in [0.25, 0.3) is 0 Å². The highest BCUT2D eigenvalue weighted by Crippen LogP contribution is 2.09. The SMILES string of the molecule is CC(C)(C)OC(=O)c1cn(CCN)c(=O)[nH]c1=O. The molecule has 0 bridgehead atoms. The maximum atomic E-state index is 11.8. The molecule has 0 atom stereocenters. The van der Waals surface area contributed by atoms with E-state index < -0.39 is 22.8 Å². The summed E-state index contributed by atoms with van der Waals surface area (Å²) >= 11 is 0. The lowest BCUT2D eigenvalue weighted by molar-refractivity contribution is 0.00663. The predicted octanol–water partition coefficient (Wildman–Crippen LogP) is -0.549. The third kappa shape index (κ3) is 3.56. The standard InChI is InChI=1S/C11H17N3O4/c1-11(2,3)18-9(16)7-6-14(5-4-12)10(17)13-8(7)15/h6H,4-5,12H2,1-3H3,(H,13,15,17). The van der Waals surface area contributed by atoms with Gasteiger partial charge in [-0.05, 0) is 20.8 Å². The summed E-state index contributed by atoms with van der Waals surface area (Å²) < 4.78 is 6.24. The fraction of sp³-hybridized carbons (Fsp3) is 0.545. The van der Waals surface area contributed by atoms with E-state index in [-0.39, 0.29) is 18.7 Å². The first-order chi connectivity index (χ1) is 8.24. The van der Waals surface area contributed by atoms with Crippen LogP contribution in [0.2, 0.25) is 0 Å². The second kappa shape index (κ2) is 5.18. The second-order valence-corrected chi connectivity index (χ2v) is 4.79. The van der Waals surface area contributed by atoms with E-state index in [1.165, 1.54) is 10.8 Å². The molecule has 18 heavy (non-hydrogen) atoms. The lowest BCUT2D eigenvalue weighted by atomic mass is 10.2. The monoisotopic (exact) mass is 255 g/mol. The highest BCUT2D eigenvalue weighted by molar-refractivity contribution is 5.88. The van der Waals surface area contributed by atoms with Gasteiger partial charge in [0.1, 0.15) is 11.2 Å². The zero-order chi connectivity index (χ0) is 13.9. The summed E-state index contributed by atoms with van der Waals surface area (Å²) in [5.41, 5.74) is 3.05. The first-order valence-corrected chi connectivity index (χ1v) is 5.52. The first kappa shape index (κ1) is 14.2. The van der Waals surface area contributed by atoms with Crippen LogP contribution < -0.4 is 17.0 Å². The van der Waals surface area contributed by atoms with Gasteiger partial charge >= 0.3 is 11.7 Å². The van der Waals surface area contributed by atoms with Crippen LogP contribution in [0.4, 0.5) is 0 Å². The molecule has 0 saturated heterocycles. The molecular weight excluding hydrogens is 238 g/mol. The Morgan fingerprint density at radius 3 is 2.56 bits per heavy atom. The fourth-order valence-corrected chi connectivity index (χ4v) is 1.29. The van der Waals surface area contributed by atoms with Crippen molar-refractivity contribution in [3.8, 4) is 0 Å². The third-order valence-corrected chi connectivity index (χ3v) is 2.00. The van der Waals surface area contributed by atoms with E-state index in [9.17, 15) is 14.4 Å². The van der Waals surface area contributed by atoms with Gasteiger partial charge in [-0.3, -0.25) is 14.3 Å². The molecule has 3 N–H and O–H groups in total. The van der Waals surface area contributed by atoms with Crippen LogP contribution in [0.15, 0.2) is 15.8 Å². The second-order valence-electron chi connectivity index (χ2n) is 4.79. The first-order valence-electron chi connectivity index (χ1n) is 5.52. The molecule has 0 aliphatic carbocycles.